The minimum absolute atomic E-state index is 1.02. The van der Waals surface area contributed by atoms with Crippen LogP contribution in [0.3, 0.4) is 0 Å². The van der Waals surface area contributed by atoms with Crippen molar-refractivity contribution in [1.82, 2.24) is 0 Å². The van der Waals surface area contributed by atoms with Gasteiger partial charge in [0.1, 0.15) is 0 Å². The van der Waals surface area contributed by atoms with Gasteiger partial charge in [0.15, 0.2) is 0 Å². The third kappa shape index (κ3) is 5.27. The van der Waals surface area contributed by atoms with Gasteiger partial charge in [-0.05, 0) is 50.2 Å². The number of rotatable bonds is 7. The van der Waals surface area contributed by atoms with Crippen LogP contribution >= 0.6 is 12.2 Å². The molecule has 0 amide bonds. The number of hydrogen-bond acceptors (Lipinski definition) is 1. The highest BCUT2D eigenvalue weighted by molar-refractivity contribution is 7.80. The van der Waals surface area contributed by atoms with E-state index in [2.05, 4.69) is 44.7 Å². The quantitative estimate of drug-likeness (QED) is 0.279. The van der Waals surface area contributed by atoms with Crippen molar-refractivity contribution in [3.8, 4) is 0 Å². The summed E-state index contributed by atoms with van der Waals surface area (Å²) in [5.74, 6) is 0. The van der Waals surface area contributed by atoms with Gasteiger partial charge in [-0.1, -0.05) is 49.0 Å². The lowest BCUT2D eigenvalue weighted by Gasteiger charge is -2.05. The van der Waals surface area contributed by atoms with Gasteiger partial charge in [0.05, 0.1) is 0 Å². The Bertz CT molecular complexity index is 373. The average molecular weight is 246 g/mol. The summed E-state index contributed by atoms with van der Waals surface area (Å²) in [4.78, 5) is 1.09. The summed E-state index contributed by atoms with van der Waals surface area (Å²) in [5, 5.41) is 0. The molecule has 0 saturated heterocycles. The first kappa shape index (κ1) is 14.1. The van der Waals surface area contributed by atoms with Crippen molar-refractivity contribution < 1.29 is 0 Å². The van der Waals surface area contributed by atoms with Gasteiger partial charge >= 0.3 is 0 Å². The summed E-state index contributed by atoms with van der Waals surface area (Å²) in [6.45, 7) is 8.17. The van der Waals surface area contributed by atoms with Gasteiger partial charge in [-0.3, -0.25) is 0 Å². The molecule has 0 N–H and O–H groups in total. The van der Waals surface area contributed by atoms with Crippen molar-refractivity contribution in [2.45, 2.75) is 46.0 Å². The van der Waals surface area contributed by atoms with E-state index >= 15 is 0 Å². The Labute approximate surface area is 111 Å². The zero-order valence-electron chi connectivity index (χ0n) is 11.0. The van der Waals surface area contributed by atoms with E-state index in [4.69, 9.17) is 12.2 Å². The highest BCUT2D eigenvalue weighted by Crippen LogP contribution is 2.13. The van der Waals surface area contributed by atoms with Crippen LogP contribution in [0.25, 0.3) is 0 Å². The molecular formula is C16H22S. The van der Waals surface area contributed by atoms with Gasteiger partial charge in [0.25, 0.3) is 0 Å². The molecule has 0 spiro atoms. The first-order chi connectivity index (χ1) is 8.13. The second-order valence-electron chi connectivity index (χ2n) is 4.64. The Morgan fingerprint density at radius 2 is 1.71 bits per heavy atom. The van der Waals surface area contributed by atoms with E-state index in [1.807, 2.05) is 0 Å². The summed E-state index contributed by atoms with van der Waals surface area (Å²) in [7, 11) is 0. The van der Waals surface area contributed by atoms with Crippen LogP contribution in [0, 0.1) is 0 Å². The number of thiocarbonyl (C=S) groups is 1. The number of aryl methyl sites for hydroxylation is 1. The molecule has 0 bridgehead atoms. The van der Waals surface area contributed by atoms with Crippen molar-refractivity contribution in [1.29, 1.82) is 0 Å². The normalized spacial score (nSPS) is 10.2. The Hall–Kier alpha value is -0.950. The Morgan fingerprint density at radius 1 is 1.12 bits per heavy atom. The van der Waals surface area contributed by atoms with Crippen molar-refractivity contribution in [2.24, 2.45) is 0 Å². The van der Waals surface area contributed by atoms with Crippen molar-refractivity contribution >= 4 is 17.1 Å². The summed E-state index contributed by atoms with van der Waals surface area (Å²) in [5.41, 5.74) is 3.86. The molecule has 1 rings (SSSR count). The molecular weight excluding hydrogens is 224 g/mol. The highest BCUT2D eigenvalue weighted by Gasteiger charge is 2.01. The maximum Gasteiger partial charge on any atom is 0.0224 e. The van der Waals surface area contributed by atoms with Gasteiger partial charge in [0, 0.05) is 4.86 Å². The number of unbranched alkanes of at least 4 members (excludes halogenated alkanes) is 1. The van der Waals surface area contributed by atoms with Crippen LogP contribution in [0.2, 0.25) is 0 Å². The van der Waals surface area contributed by atoms with Gasteiger partial charge in [-0.25, -0.2) is 0 Å². The minimum Gasteiger partial charge on any atom is -0.100 e. The molecule has 0 unspecified atom stereocenters. The third-order valence-corrected chi connectivity index (χ3v) is 3.38. The van der Waals surface area contributed by atoms with Crippen molar-refractivity contribution in [3.05, 3.63) is 47.5 Å². The van der Waals surface area contributed by atoms with Crippen molar-refractivity contribution in [3.63, 3.8) is 0 Å². The first-order valence-electron chi connectivity index (χ1n) is 6.40. The molecule has 0 aliphatic rings. The summed E-state index contributed by atoms with van der Waals surface area (Å²) in [6.07, 6.45) is 5.60. The van der Waals surface area contributed by atoms with Crippen LogP contribution in [-0.2, 0) is 6.42 Å². The molecule has 0 fully saturated rings. The summed E-state index contributed by atoms with van der Waals surface area (Å²) < 4.78 is 0. The molecule has 0 aromatic heterocycles. The maximum absolute atomic E-state index is 5.46. The molecule has 0 heterocycles. The highest BCUT2D eigenvalue weighted by atomic mass is 32.1. The number of hydrogen-bond donors (Lipinski definition) is 0. The van der Waals surface area contributed by atoms with Crippen molar-refractivity contribution in [2.75, 3.05) is 0 Å². The van der Waals surface area contributed by atoms with Crippen LogP contribution < -0.4 is 0 Å². The predicted octanol–water partition coefficient (Wildman–Crippen LogP) is 5.10. The Morgan fingerprint density at radius 3 is 2.24 bits per heavy atom. The van der Waals surface area contributed by atoms with E-state index in [-0.39, 0.29) is 0 Å². The maximum atomic E-state index is 5.46. The monoisotopic (exact) mass is 246 g/mol. The SMILES string of the molecule is C=C(C)CCCCC(=S)c1ccc(CC)cc1. The standard InChI is InChI=1S/C16H22S/c1-4-14-9-11-15(12-10-14)16(17)8-6-5-7-13(2)3/h9-12H,2,4-8H2,1,3H3. The average Bonchev–Trinajstić information content (AvgIpc) is 2.34. The van der Waals surface area contributed by atoms with E-state index in [1.54, 1.807) is 0 Å². The van der Waals surface area contributed by atoms with E-state index in [9.17, 15) is 0 Å². The smallest absolute Gasteiger partial charge is 0.0224 e. The Kier molecular flexibility index (Phi) is 6.13. The number of benzene rings is 1. The number of allylic oxidation sites excluding steroid dienone is 1. The zero-order valence-corrected chi connectivity index (χ0v) is 11.8. The lowest BCUT2D eigenvalue weighted by molar-refractivity contribution is 0.760. The molecule has 92 valence electrons. The molecule has 1 heteroatoms. The van der Waals surface area contributed by atoms with Gasteiger partial charge in [-0.2, -0.15) is 0 Å². The second kappa shape index (κ2) is 7.39. The summed E-state index contributed by atoms with van der Waals surface area (Å²) in [6, 6.07) is 8.66. The zero-order chi connectivity index (χ0) is 12.7. The minimum atomic E-state index is 1.02. The van der Waals surface area contributed by atoms with Gasteiger partial charge in [-0.15, -0.1) is 6.58 Å². The molecule has 0 aliphatic heterocycles. The van der Waals surface area contributed by atoms with Crippen LogP contribution in [-0.4, -0.2) is 4.86 Å². The fourth-order valence-corrected chi connectivity index (χ4v) is 2.06. The predicted molar refractivity (Wildman–Crippen MR) is 80.8 cm³/mol. The lowest BCUT2D eigenvalue weighted by Crippen LogP contribution is -1.97. The van der Waals surface area contributed by atoms with Crippen LogP contribution in [0.15, 0.2) is 36.4 Å². The van der Waals surface area contributed by atoms with E-state index in [1.165, 1.54) is 29.5 Å². The molecule has 1 aromatic rings. The van der Waals surface area contributed by atoms with Crippen LogP contribution in [0.5, 0.6) is 0 Å². The third-order valence-electron chi connectivity index (χ3n) is 2.94. The molecule has 0 saturated carbocycles. The first-order valence-corrected chi connectivity index (χ1v) is 6.81. The molecule has 17 heavy (non-hydrogen) atoms. The molecule has 0 atom stereocenters. The largest absolute Gasteiger partial charge is 0.100 e. The Balaban J connectivity index is 2.38. The fraction of sp³-hybridized carbons (Fsp3) is 0.438. The van der Waals surface area contributed by atoms with Gasteiger partial charge < -0.3 is 0 Å². The second-order valence-corrected chi connectivity index (χ2v) is 5.13. The van der Waals surface area contributed by atoms with E-state index in [0.717, 1.165) is 24.1 Å². The summed E-state index contributed by atoms with van der Waals surface area (Å²) >= 11 is 5.46. The molecule has 0 radical (unpaired) electrons. The van der Waals surface area contributed by atoms with E-state index in [0.29, 0.717) is 0 Å². The van der Waals surface area contributed by atoms with Crippen LogP contribution in [0.4, 0.5) is 0 Å². The fourth-order valence-electron chi connectivity index (χ4n) is 1.78. The molecule has 1 aromatic carbocycles. The molecule has 0 nitrogen and oxygen atoms in total. The van der Waals surface area contributed by atoms with E-state index < -0.39 is 0 Å². The van der Waals surface area contributed by atoms with Crippen LogP contribution in [0.1, 0.15) is 50.7 Å². The topological polar surface area (TPSA) is 0 Å². The van der Waals surface area contributed by atoms with Gasteiger partial charge in [0.2, 0.25) is 0 Å². The lowest BCUT2D eigenvalue weighted by atomic mass is 10.0. The molecule has 0 aliphatic carbocycles.